The van der Waals surface area contributed by atoms with Crippen LogP contribution in [-0.4, -0.2) is 4.98 Å². The number of hydrogen-bond acceptors (Lipinski definition) is 2. The van der Waals surface area contributed by atoms with E-state index in [4.69, 9.17) is 4.98 Å². The quantitative estimate of drug-likeness (QED) is 0.445. The number of pyridine rings is 1. The van der Waals surface area contributed by atoms with Crippen molar-refractivity contribution in [1.82, 2.24) is 4.98 Å². The molecule has 26 heavy (non-hydrogen) atoms. The van der Waals surface area contributed by atoms with Gasteiger partial charge in [-0.3, -0.25) is 4.98 Å². The molecule has 0 N–H and O–H groups in total. The molecule has 0 bridgehead atoms. The predicted molar refractivity (Wildman–Crippen MR) is 107 cm³/mol. The number of nitrogens with zero attached hydrogens (tertiary/aromatic N) is 2. The van der Waals surface area contributed by atoms with Gasteiger partial charge in [0.25, 0.3) is 0 Å². The number of fused-ring (bicyclic) bond motifs is 1. The lowest BCUT2D eigenvalue weighted by atomic mass is 9.95. The lowest BCUT2D eigenvalue weighted by Crippen LogP contribution is -2.11. The van der Waals surface area contributed by atoms with Gasteiger partial charge in [0.2, 0.25) is 0 Å². The zero-order valence-electron chi connectivity index (χ0n) is 14.7. The average molecular weight is 336 g/mol. The first-order valence-corrected chi connectivity index (χ1v) is 9.04. The van der Waals surface area contributed by atoms with Crippen LogP contribution in [-0.2, 0) is 5.54 Å². The van der Waals surface area contributed by atoms with Gasteiger partial charge in [-0.1, -0.05) is 72.8 Å². The van der Waals surface area contributed by atoms with Gasteiger partial charge in [-0.05, 0) is 36.8 Å². The lowest BCUT2D eigenvalue weighted by molar-refractivity contribution is 0.739. The highest BCUT2D eigenvalue weighted by molar-refractivity contribution is 5.79. The Balaban J connectivity index is 1.65. The van der Waals surface area contributed by atoms with Gasteiger partial charge >= 0.3 is 0 Å². The first-order chi connectivity index (χ1) is 12.8. The third-order valence-electron chi connectivity index (χ3n) is 5.52. The van der Waals surface area contributed by atoms with Crippen molar-refractivity contribution in [2.75, 3.05) is 4.90 Å². The molecular weight excluding hydrogens is 316 g/mol. The molecule has 2 atom stereocenters. The summed E-state index contributed by atoms with van der Waals surface area (Å²) < 4.78 is 0. The van der Waals surface area contributed by atoms with Crippen LogP contribution in [0.5, 0.6) is 0 Å². The van der Waals surface area contributed by atoms with Crippen molar-refractivity contribution >= 4 is 16.6 Å². The normalized spacial score (nSPS) is 21.7. The summed E-state index contributed by atoms with van der Waals surface area (Å²) in [6.45, 7) is 2.32. The smallest absolute Gasteiger partial charge is 0.0994 e. The second kappa shape index (κ2) is 5.70. The number of hydrogen-bond donors (Lipinski definition) is 0. The van der Waals surface area contributed by atoms with Crippen molar-refractivity contribution in [2.24, 2.45) is 0 Å². The maximum Gasteiger partial charge on any atom is 0.0994 e. The van der Waals surface area contributed by atoms with Crippen LogP contribution in [0, 0.1) is 0 Å². The molecule has 126 valence electrons. The fourth-order valence-electron chi connectivity index (χ4n) is 4.12. The molecule has 2 nitrogen and oxygen atoms in total. The molecule has 5 rings (SSSR count). The van der Waals surface area contributed by atoms with Gasteiger partial charge in [0, 0.05) is 11.1 Å². The maximum atomic E-state index is 4.99. The fraction of sp³-hybridized carbons (Fsp3) is 0.125. The molecule has 1 saturated heterocycles. The van der Waals surface area contributed by atoms with Crippen LogP contribution in [0.4, 0.5) is 5.69 Å². The van der Waals surface area contributed by atoms with Gasteiger partial charge in [0.1, 0.15) is 0 Å². The van der Waals surface area contributed by atoms with Gasteiger partial charge in [0.05, 0.1) is 22.8 Å². The summed E-state index contributed by atoms with van der Waals surface area (Å²) in [5.74, 6) is 0. The van der Waals surface area contributed by atoms with E-state index in [0.29, 0.717) is 0 Å². The standard InChI is InChI=1S/C24H20N2/c1-24(19-11-4-2-5-12-19)23(26(24)20-13-6-3-7-14-20)22-17-16-18-10-8-9-15-21(18)25-22/h2-17,23H,1H3/t23-,24+,26?/m1/s1. The minimum atomic E-state index is -0.0852. The van der Waals surface area contributed by atoms with Gasteiger partial charge in [-0.25, -0.2) is 0 Å². The molecule has 0 saturated carbocycles. The summed E-state index contributed by atoms with van der Waals surface area (Å²) >= 11 is 0. The molecule has 0 aliphatic carbocycles. The van der Waals surface area contributed by atoms with E-state index in [0.717, 1.165) is 11.2 Å². The molecule has 1 aliphatic rings. The molecule has 2 heteroatoms. The summed E-state index contributed by atoms with van der Waals surface area (Å²) in [5, 5.41) is 1.18. The van der Waals surface area contributed by atoms with E-state index >= 15 is 0 Å². The maximum absolute atomic E-state index is 4.99. The third kappa shape index (κ3) is 2.22. The minimum Gasteiger partial charge on any atom is -0.348 e. The molecule has 0 radical (unpaired) electrons. The Morgan fingerprint density at radius 2 is 1.38 bits per heavy atom. The highest BCUT2D eigenvalue weighted by Gasteiger charge is 2.61. The van der Waals surface area contributed by atoms with Crippen molar-refractivity contribution in [3.8, 4) is 0 Å². The van der Waals surface area contributed by atoms with E-state index in [9.17, 15) is 0 Å². The van der Waals surface area contributed by atoms with Crippen molar-refractivity contribution in [1.29, 1.82) is 0 Å². The number of aromatic nitrogens is 1. The number of benzene rings is 3. The Morgan fingerprint density at radius 1 is 0.731 bits per heavy atom. The Bertz CT molecular complexity index is 1060. The van der Waals surface area contributed by atoms with E-state index in [1.807, 2.05) is 0 Å². The average Bonchev–Trinajstić information content (AvgIpc) is 3.36. The minimum absolute atomic E-state index is 0.0852. The summed E-state index contributed by atoms with van der Waals surface area (Å²) in [6, 6.07) is 34.3. The molecule has 4 aromatic rings. The summed E-state index contributed by atoms with van der Waals surface area (Å²) in [7, 11) is 0. The molecule has 0 amide bonds. The molecule has 1 fully saturated rings. The van der Waals surface area contributed by atoms with E-state index < -0.39 is 0 Å². The second-order valence-electron chi connectivity index (χ2n) is 7.05. The monoisotopic (exact) mass is 336 g/mol. The van der Waals surface area contributed by atoms with Crippen LogP contribution in [0.1, 0.15) is 24.2 Å². The Labute approximate surface area is 153 Å². The fourth-order valence-corrected chi connectivity index (χ4v) is 4.12. The molecule has 2 heterocycles. The number of para-hydroxylation sites is 2. The largest absolute Gasteiger partial charge is 0.348 e. The van der Waals surface area contributed by atoms with Crippen LogP contribution >= 0.6 is 0 Å². The SMILES string of the molecule is C[C@]1(c2ccccc2)[C@@H](c2ccc3ccccc3n2)N1c1ccccc1. The van der Waals surface area contributed by atoms with Gasteiger partial charge < -0.3 is 4.90 Å². The van der Waals surface area contributed by atoms with E-state index in [-0.39, 0.29) is 11.6 Å². The third-order valence-corrected chi connectivity index (χ3v) is 5.52. The van der Waals surface area contributed by atoms with E-state index in [1.165, 1.54) is 16.6 Å². The predicted octanol–water partition coefficient (Wildman–Crippen LogP) is 5.71. The molecule has 3 aromatic carbocycles. The zero-order valence-corrected chi connectivity index (χ0v) is 14.7. The van der Waals surface area contributed by atoms with Crippen molar-refractivity contribution in [3.05, 3.63) is 108 Å². The Hall–Kier alpha value is -3.13. The van der Waals surface area contributed by atoms with Gasteiger partial charge in [-0.2, -0.15) is 0 Å². The summed E-state index contributed by atoms with van der Waals surface area (Å²) in [6.07, 6.45) is 0. The number of anilines is 1. The highest BCUT2D eigenvalue weighted by atomic mass is 15.4. The number of rotatable bonds is 3. The van der Waals surface area contributed by atoms with E-state index in [2.05, 4.69) is 109 Å². The van der Waals surface area contributed by atoms with Gasteiger partial charge in [0.15, 0.2) is 0 Å². The first-order valence-electron chi connectivity index (χ1n) is 9.04. The molecule has 0 unspecified atom stereocenters. The van der Waals surface area contributed by atoms with Crippen LogP contribution in [0.25, 0.3) is 10.9 Å². The van der Waals surface area contributed by atoms with Gasteiger partial charge in [-0.15, -0.1) is 0 Å². The second-order valence-corrected chi connectivity index (χ2v) is 7.05. The molecular formula is C24H20N2. The van der Waals surface area contributed by atoms with Crippen LogP contribution in [0.3, 0.4) is 0 Å². The van der Waals surface area contributed by atoms with Crippen LogP contribution in [0.15, 0.2) is 97.1 Å². The molecule has 0 spiro atoms. The first kappa shape index (κ1) is 15.2. The van der Waals surface area contributed by atoms with Crippen molar-refractivity contribution in [3.63, 3.8) is 0 Å². The Kier molecular flexibility index (Phi) is 3.32. The Morgan fingerprint density at radius 3 is 2.15 bits per heavy atom. The van der Waals surface area contributed by atoms with Crippen LogP contribution in [0.2, 0.25) is 0 Å². The molecule has 1 aliphatic heterocycles. The lowest BCUT2D eigenvalue weighted by Gasteiger charge is -2.13. The van der Waals surface area contributed by atoms with Crippen molar-refractivity contribution in [2.45, 2.75) is 18.5 Å². The topological polar surface area (TPSA) is 15.9 Å². The van der Waals surface area contributed by atoms with E-state index in [1.54, 1.807) is 0 Å². The van der Waals surface area contributed by atoms with Crippen molar-refractivity contribution < 1.29 is 0 Å². The highest BCUT2D eigenvalue weighted by Crippen LogP contribution is 2.61. The summed E-state index contributed by atoms with van der Waals surface area (Å²) in [4.78, 5) is 7.46. The molecule has 1 aromatic heterocycles. The van der Waals surface area contributed by atoms with Crippen LogP contribution < -0.4 is 4.90 Å². The zero-order chi connectivity index (χ0) is 17.6. The summed E-state index contributed by atoms with van der Waals surface area (Å²) in [5.41, 5.74) is 4.65.